The summed E-state index contributed by atoms with van der Waals surface area (Å²) in [6, 6.07) is 10.3. The van der Waals surface area contributed by atoms with Crippen LogP contribution < -0.4 is 15.4 Å². The smallest absolute Gasteiger partial charge is 0.326 e. The average Bonchev–Trinajstić information content (AvgIpc) is 2.94. The second-order valence-corrected chi connectivity index (χ2v) is 5.48. The van der Waals surface area contributed by atoms with Gasteiger partial charge in [0.15, 0.2) is 5.65 Å². The van der Waals surface area contributed by atoms with Gasteiger partial charge in [0.25, 0.3) is 0 Å². The number of pyridine rings is 1. The number of halogens is 1. The van der Waals surface area contributed by atoms with Gasteiger partial charge in [-0.1, -0.05) is 23.7 Å². The van der Waals surface area contributed by atoms with Gasteiger partial charge in [0.2, 0.25) is 11.8 Å². The second-order valence-electron chi connectivity index (χ2n) is 5.08. The fraction of sp³-hybridized carbons (Fsp3) is 0.188. The van der Waals surface area contributed by atoms with E-state index >= 15 is 0 Å². The fourth-order valence-corrected chi connectivity index (χ4v) is 2.51. The van der Waals surface area contributed by atoms with E-state index in [1.54, 1.807) is 28.7 Å². The summed E-state index contributed by atoms with van der Waals surface area (Å²) < 4.78 is 7.17. The molecule has 8 heteroatoms. The zero-order chi connectivity index (χ0) is 17.1. The van der Waals surface area contributed by atoms with Gasteiger partial charge in [-0.3, -0.25) is 5.32 Å². The monoisotopic (exact) mass is 345 g/mol. The van der Waals surface area contributed by atoms with Gasteiger partial charge < -0.3 is 10.1 Å². The Kier molecular flexibility index (Phi) is 4.52. The molecule has 0 saturated heterocycles. The van der Waals surface area contributed by atoms with E-state index in [9.17, 15) is 4.79 Å². The Bertz CT molecular complexity index is 893. The lowest BCUT2D eigenvalue weighted by Crippen LogP contribution is -2.21. The fourth-order valence-electron chi connectivity index (χ4n) is 2.23. The van der Waals surface area contributed by atoms with Crippen molar-refractivity contribution in [3.63, 3.8) is 0 Å². The first-order valence-corrected chi connectivity index (χ1v) is 7.77. The molecule has 1 aromatic carbocycles. The SMILES string of the molecule is CCOc1cccc2nnc(NC(=O)Nc3ccc(C)cc3Cl)n12. The molecule has 3 aromatic rings. The van der Waals surface area contributed by atoms with Crippen molar-refractivity contribution in [1.29, 1.82) is 0 Å². The molecule has 2 N–H and O–H groups in total. The van der Waals surface area contributed by atoms with Crippen molar-refractivity contribution in [2.24, 2.45) is 0 Å². The number of nitrogens with zero attached hydrogens (tertiary/aromatic N) is 3. The number of nitrogens with one attached hydrogen (secondary N) is 2. The molecule has 0 aliphatic carbocycles. The number of carbonyl (C=O) groups is 1. The maximum absolute atomic E-state index is 12.2. The molecule has 0 spiro atoms. The van der Waals surface area contributed by atoms with Crippen LogP contribution in [0.25, 0.3) is 5.65 Å². The van der Waals surface area contributed by atoms with Crippen molar-refractivity contribution in [2.75, 3.05) is 17.2 Å². The first-order valence-electron chi connectivity index (χ1n) is 7.39. The lowest BCUT2D eigenvalue weighted by Gasteiger charge is -2.10. The van der Waals surface area contributed by atoms with Crippen molar-refractivity contribution < 1.29 is 9.53 Å². The molecule has 0 aliphatic rings. The second kappa shape index (κ2) is 6.76. The van der Waals surface area contributed by atoms with E-state index in [4.69, 9.17) is 16.3 Å². The highest BCUT2D eigenvalue weighted by molar-refractivity contribution is 6.33. The third-order valence-electron chi connectivity index (χ3n) is 3.28. The predicted octanol–water partition coefficient (Wildman–Crippen LogP) is 3.73. The molecule has 0 atom stereocenters. The molecule has 0 unspecified atom stereocenters. The summed E-state index contributed by atoms with van der Waals surface area (Å²) >= 11 is 6.12. The van der Waals surface area contributed by atoms with Crippen LogP contribution in [0.3, 0.4) is 0 Å². The highest BCUT2D eigenvalue weighted by Crippen LogP contribution is 2.23. The zero-order valence-corrected chi connectivity index (χ0v) is 14.0. The lowest BCUT2D eigenvalue weighted by molar-refractivity contribution is 0.262. The van der Waals surface area contributed by atoms with E-state index in [1.807, 2.05) is 26.0 Å². The number of benzene rings is 1. The zero-order valence-electron chi connectivity index (χ0n) is 13.2. The molecule has 0 radical (unpaired) electrons. The number of hydrogen-bond acceptors (Lipinski definition) is 4. The van der Waals surface area contributed by atoms with E-state index in [0.717, 1.165) is 5.56 Å². The Hall–Kier alpha value is -2.80. The van der Waals surface area contributed by atoms with E-state index in [2.05, 4.69) is 20.8 Å². The first-order chi connectivity index (χ1) is 11.6. The van der Waals surface area contributed by atoms with Gasteiger partial charge in [-0.25, -0.2) is 9.20 Å². The molecule has 0 bridgehead atoms. The number of anilines is 2. The van der Waals surface area contributed by atoms with Crippen LogP contribution in [0.1, 0.15) is 12.5 Å². The number of urea groups is 1. The number of ether oxygens (including phenoxy) is 1. The highest BCUT2D eigenvalue weighted by Gasteiger charge is 2.13. The average molecular weight is 346 g/mol. The molecule has 0 saturated carbocycles. The number of aryl methyl sites for hydroxylation is 1. The van der Waals surface area contributed by atoms with Gasteiger partial charge in [-0.05, 0) is 43.7 Å². The summed E-state index contributed by atoms with van der Waals surface area (Å²) in [5, 5.41) is 13.8. The van der Waals surface area contributed by atoms with Crippen molar-refractivity contribution in [1.82, 2.24) is 14.6 Å². The first kappa shape index (κ1) is 16.1. The molecule has 7 nitrogen and oxygen atoms in total. The minimum atomic E-state index is -0.471. The molecule has 3 rings (SSSR count). The highest BCUT2D eigenvalue weighted by atomic mass is 35.5. The van der Waals surface area contributed by atoms with Crippen LogP contribution in [-0.2, 0) is 0 Å². The maximum atomic E-state index is 12.2. The van der Waals surface area contributed by atoms with Crippen LogP contribution in [-0.4, -0.2) is 27.2 Å². The number of hydrogen-bond donors (Lipinski definition) is 2. The predicted molar refractivity (Wildman–Crippen MR) is 93.0 cm³/mol. The standard InChI is InChI=1S/C16H16ClN5O2/c1-3-24-14-6-4-5-13-20-21-15(22(13)14)19-16(23)18-12-8-7-10(2)9-11(12)17/h4-9H,3H2,1-2H3,(H2,18,19,21,23). The van der Waals surface area contributed by atoms with Gasteiger partial charge in [-0.15, -0.1) is 10.2 Å². The van der Waals surface area contributed by atoms with Gasteiger partial charge in [0.1, 0.15) is 0 Å². The quantitative estimate of drug-likeness (QED) is 0.755. The van der Waals surface area contributed by atoms with Crippen molar-refractivity contribution >= 4 is 34.9 Å². The van der Waals surface area contributed by atoms with Crippen LogP contribution in [0, 0.1) is 6.92 Å². The minimum Gasteiger partial charge on any atom is -0.479 e. The summed E-state index contributed by atoms with van der Waals surface area (Å²) in [6.07, 6.45) is 0. The molecular formula is C16H16ClN5O2. The summed E-state index contributed by atoms with van der Waals surface area (Å²) in [5.74, 6) is 0.804. The van der Waals surface area contributed by atoms with Crippen LogP contribution in [0.4, 0.5) is 16.4 Å². The molecule has 24 heavy (non-hydrogen) atoms. The molecule has 0 aliphatic heterocycles. The third kappa shape index (κ3) is 3.26. The van der Waals surface area contributed by atoms with E-state index in [-0.39, 0.29) is 5.95 Å². The summed E-state index contributed by atoms with van der Waals surface area (Å²) in [5.41, 5.74) is 2.10. The Balaban J connectivity index is 1.83. The molecule has 0 fully saturated rings. The summed E-state index contributed by atoms with van der Waals surface area (Å²) in [7, 11) is 0. The Labute approximate surface area is 143 Å². The van der Waals surface area contributed by atoms with Crippen molar-refractivity contribution in [3.8, 4) is 5.88 Å². The molecule has 2 aromatic heterocycles. The normalized spacial score (nSPS) is 10.6. The van der Waals surface area contributed by atoms with Crippen LogP contribution in [0.2, 0.25) is 5.02 Å². The maximum Gasteiger partial charge on any atom is 0.326 e. The van der Waals surface area contributed by atoms with Crippen LogP contribution in [0.5, 0.6) is 5.88 Å². The summed E-state index contributed by atoms with van der Waals surface area (Å²) in [6.45, 7) is 4.29. The van der Waals surface area contributed by atoms with E-state index in [0.29, 0.717) is 28.8 Å². The third-order valence-corrected chi connectivity index (χ3v) is 3.60. The van der Waals surface area contributed by atoms with Crippen LogP contribution >= 0.6 is 11.6 Å². The molecular weight excluding hydrogens is 330 g/mol. The number of rotatable bonds is 4. The number of carbonyl (C=O) groups excluding carboxylic acids is 1. The van der Waals surface area contributed by atoms with E-state index < -0.39 is 6.03 Å². The van der Waals surface area contributed by atoms with Gasteiger partial charge in [0, 0.05) is 0 Å². The minimum absolute atomic E-state index is 0.259. The van der Waals surface area contributed by atoms with E-state index in [1.165, 1.54) is 0 Å². The topological polar surface area (TPSA) is 80.6 Å². The van der Waals surface area contributed by atoms with Gasteiger partial charge >= 0.3 is 6.03 Å². The summed E-state index contributed by atoms with van der Waals surface area (Å²) in [4.78, 5) is 12.2. The Morgan fingerprint density at radius 3 is 2.83 bits per heavy atom. The Morgan fingerprint density at radius 2 is 2.08 bits per heavy atom. The largest absolute Gasteiger partial charge is 0.479 e. The van der Waals surface area contributed by atoms with Crippen LogP contribution in [0.15, 0.2) is 36.4 Å². The number of aromatic nitrogens is 3. The number of fused-ring (bicyclic) bond motifs is 1. The molecule has 124 valence electrons. The van der Waals surface area contributed by atoms with Crippen molar-refractivity contribution in [2.45, 2.75) is 13.8 Å². The van der Waals surface area contributed by atoms with Gasteiger partial charge in [0.05, 0.1) is 17.3 Å². The van der Waals surface area contributed by atoms with Crippen molar-refractivity contribution in [3.05, 3.63) is 47.0 Å². The molecule has 2 heterocycles. The van der Waals surface area contributed by atoms with Gasteiger partial charge in [-0.2, -0.15) is 0 Å². The molecule has 2 amide bonds. The lowest BCUT2D eigenvalue weighted by atomic mass is 10.2. The number of amides is 2. The Morgan fingerprint density at radius 1 is 1.25 bits per heavy atom.